The van der Waals surface area contributed by atoms with Gasteiger partial charge in [0.15, 0.2) is 0 Å². The van der Waals surface area contributed by atoms with E-state index in [1.807, 2.05) is 32.1 Å². The van der Waals surface area contributed by atoms with Crippen LogP contribution in [0.3, 0.4) is 0 Å². The van der Waals surface area contributed by atoms with E-state index in [0.717, 1.165) is 11.9 Å². The molecule has 0 aliphatic rings. The number of fused-ring (bicyclic) bond motifs is 1. The highest BCUT2D eigenvalue weighted by atomic mass is 127. The Morgan fingerprint density at radius 2 is 1.52 bits per heavy atom. The largest absolute Gasteiger partial charge is 1.00 e. The lowest BCUT2D eigenvalue weighted by Gasteiger charge is -2.01. The number of pyridine rings is 1. The second-order valence-corrected chi connectivity index (χ2v) is 7.21. The molecule has 5 heteroatoms. The van der Waals surface area contributed by atoms with Gasteiger partial charge in [-0.3, -0.25) is 4.98 Å². The van der Waals surface area contributed by atoms with Crippen molar-refractivity contribution in [3.05, 3.63) is 42.1 Å². The molecule has 1 N–H and O–H groups in total. The standard InChI is InChI=1S/C12H12IN.2C3H9N.HI/c13-9-3-5-11-8-7-10-4-1-2-6-12(10)14-11;2*1-4(2)3;/h1-2,4,6-8H,3,5,9H2;2*1-3H3;1H. The Labute approximate surface area is 173 Å². The van der Waals surface area contributed by atoms with Gasteiger partial charge in [0, 0.05) is 11.1 Å². The van der Waals surface area contributed by atoms with Gasteiger partial charge in [0.25, 0.3) is 0 Å². The molecular weight excluding hydrogens is 512 g/mol. The zero-order valence-electron chi connectivity index (χ0n) is 15.2. The minimum atomic E-state index is 0. The van der Waals surface area contributed by atoms with Crippen molar-refractivity contribution in [1.29, 1.82) is 0 Å². The number of para-hydroxylation sites is 1. The van der Waals surface area contributed by atoms with Crippen molar-refractivity contribution < 1.29 is 28.9 Å². The SMILES string of the molecule is CN(C)C.C[NH+](C)C.ICCCc1ccc2ccccc2n1.[I-]. The maximum absolute atomic E-state index is 4.61. The van der Waals surface area contributed by atoms with E-state index in [0.29, 0.717) is 0 Å². The lowest BCUT2D eigenvalue weighted by atomic mass is 10.1. The average Bonchev–Trinajstić information content (AvgIpc) is 2.43. The van der Waals surface area contributed by atoms with Gasteiger partial charge in [-0.05, 0) is 50.5 Å². The maximum atomic E-state index is 4.61. The number of alkyl halides is 1. The van der Waals surface area contributed by atoms with Crippen LogP contribution in [-0.2, 0) is 6.42 Å². The second-order valence-electron chi connectivity index (χ2n) is 6.13. The topological polar surface area (TPSA) is 20.6 Å². The van der Waals surface area contributed by atoms with Crippen molar-refractivity contribution in [2.75, 3.05) is 46.7 Å². The lowest BCUT2D eigenvalue weighted by Crippen LogP contribution is -3.02. The number of aromatic nitrogens is 1. The molecule has 0 radical (unpaired) electrons. The molecule has 0 saturated heterocycles. The van der Waals surface area contributed by atoms with Gasteiger partial charge >= 0.3 is 0 Å². The van der Waals surface area contributed by atoms with Crippen LogP contribution in [0.4, 0.5) is 0 Å². The molecular formula is C18H31I2N3. The fourth-order valence-corrected chi connectivity index (χ4v) is 1.88. The number of nitrogens with one attached hydrogen (secondary N) is 1. The summed E-state index contributed by atoms with van der Waals surface area (Å²) in [5, 5.41) is 1.23. The summed E-state index contributed by atoms with van der Waals surface area (Å²) in [6.07, 6.45) is 2.31. The molecule has 0 aliphatic heterocycles. The predicted molar refractivity (Wildman–Crippen MR) is 107 cm³/mol. The quantitative estimate of drug-likeness (QED) is 0.419. The summed E-state index contributed by atoms with van der Waals surface area (Å²) in [5.74, 6) is 0. The predicted octanol–water partition coefficient (Wildman–Crippen LogP) is -0.455. The van der Waals surface area contributed by atoms with Crippen LogP contribution in [0.15, 0.2) is 36.4 Å². The summed E-state index contributed by atoms with van der Waals surface area (Å²) < 4.78 is 1.20. The van der Waals surface area contributed by atoms with Crippen LogP contribution in [0.2, 0.25) is 0 Å². The Morgan fingerprint density at radius 1 is 1.00 bits per heavy atom. The third kappa shape index (κ3) is 15.3. The minimum absolute atomic E-state index is 0. The Balaban J connectivity index is 0. The van der Waals surface area contributed by atoms with Gasteiger partial charge in [-0.1, -0.05) is 46.9 Å². The highest BCUT2D eigenvalue weighted by Crippen LogP contribution is 2.12. The van der Waals surface area contributed by atoms with Crippen molar-refractivity contribution in [2.45, 2.75) is 12.8 Å². The van der Waals surface area contributed by atoms with Crippen LogP contribution < -0.4 is 28.9 Å². The number of benzene rings is 1. The molecule has 2 rings (SSSR count). The van der Waals surface area contributed by atoms with Crippen molar-refractivity contribution in [3.63, 3.8) is 0 Å². The van der Waals surface area contributed by atoms with Gasteiger partial charge in [0.1, 0.15) is 0 Å². The smallest absolute Gasteiger partial charge is 0.0705 e. The number of nitrogens with zero attached hydrogens (tertiary/aromatic N) is 2. The first-order valence-corrected chi connectivity index (χ1v) is 9.17. The summed E-state index contributed by atoms with van der Waals surface area (Å²) >= 11 is 2.40. The number of quaternary nitrogens is 1. The van der Waals surface area contributed by atoms with Crippen LogP contribution in [-0.4, -0.2) is 56.6 Å². The monoisotopic (exact) mass is 543 g/mol. The minimum Gasteiger partial charge on any atom is -1.00 e. The molecule has 1 aromatic heterocycles. The second kappa shape index (κ2) is 15.5. The maximum Gasteiger partial charge on any atom is 0.0705 e. The van der Waals surface area contributed by atoms with Gasteiger partial charge in [-0.25, -0.2) is 0 Å². The van der Waals surface area contributed by atoms with Gasteiger partial charge < -0.3 is 33.8 Å². The Hall–Kier alpha value is 0.0100. The molecule has 3 nitrogen and oxygen atoms in total. The van der Waals surface area contributed by atoms with E-state index >= 15 is 0 Å². The van der Waals surface area contributed by atoms with E-state index in [4.69, 9.17) is 0 Å². The Morgan fingerprint density at radius 3 is 2.04 bits per heavy atom. The first kappa shape index (κ1) is 25.3. The normalized spacial score (nSPS) is 9.61. The number of aryl methyl sites for hydroxylation is 1. The van der Waals surface area contributed by atoms with Crippen molar-refractivity contribution in [3.8, 4) is 0 Å². The molecule has 0 amide bonds. The van der Waals surface area contributed by atoms with Gasteiger partial charge in [-0.2, -0.15) is 0 Å². The number of hydrogen-bond acceptors (Lipinski definition) is 2. The average molecular weight is 543 g/mol. The molecule has 1 aromatic carbocycles. The summed E-state index contributed by atoms with van der Waals surface area (Å²) in [5.41, 5.74) is 2.32. The van der Waals surface area contributed by atoms with Crippen molar-refractivity contribution in [1.82, 2.24) is 9.88 Å². The van der Waals surface area contributed by atoms with E-state index in [1.54, 1.807) is 0 Å². The first-order chi connectivity index (χ1) is 10.4. The highest BCUT2D eigenvalue weighted by molar-refractivity contribution is 14.1. The fraction of sp³-hybridized carbons (Fsp3) is 0.500. The van der Waals surface area contributed by atoms with E-state index in [9.17, 15) is 0 Å². The zero-order chi connectivity index (χ0) is 17.0. The van der Waals surface area contributed by atoms with Crippen LogP contribution in [0, 0.1) is 0 Å². The lowest BCUT2D eigenvalue weighted by molar-refractivity contribution is -0.836. The molecule has 0 bridgehead atoms. The molecule has 23 heavy (non-hydrogen) atoms. The molecule has 0 spiro atoms. The molecule has 0 atom stereocenters. The molecule has 132 valence electrons. The summed E-state index contributed by atoms with van der Waals surface area (Å²) in [4.78, 5) is 8.03. The molecule has 1 heterocycles. The van der Waals surface area contributed by atoms with E-state index < -0.39 is 0 Å². The highest BCUT2D eigenvalue weighted by Gasteiger charge is 1.96. The molecule has 0 fully saturated rings. The van der Waals surface area contributed by atoms with Crippen LogP contribution >= 0.6 is 22.6 Å². The molecule has 0 unspecified atom stereocenters. The number of rotatable bonds is 3. The van der Waals surface area contributed by atoms with Gasteiger partial charge in [0.2, 0.25) is 0 Å². The van der Waals surface area contributed by atoms with E-state index in [1.165, 1.54) is 26.8 Å². The van der Waals surface area contributed by atoms with Gasteiger partial charge in [-0.15, -0.1) is 0 Å². The van der Waals surface area contributed by atoms with Crippen molar-refractivity contribution in [2.24, 2.45) is 0 Å². The Kier molecular flexibility index (Phi) is 17.1. The molecule has 2 aromatic rings. The van der Waals surface area contributed by atoms with Crippen LogP contribution in [0.1, 0.15) is 12.1 Å². The van der Waals surface area contributed by atoms with Crippen LogP contribution in [0.5, 0.6) is 0 Å². The van der Waals surface area contributed by atoms with Gasteiger partial charge in [0.05, 0.1) is 26.7 Å². The zero-order valence-corrected chi connectivity index (χ0v) is 19.6. The fourth-order valence-electron chi connectivity index (χ4n) is 1.50. The number of halogens is 2. The third-order valence-corrected chi connectivity index (χ3v) is 2.99. The summed E-state index contributed by atoms with van der Waals surface area (Å²) in [7, 11) is 12.3. The van der Waals surface area contributed by atoms with Crippen LogP contribution in [0.25, 0.3) is 10.9 Å². The molecule has 0 saturated carbocycles. The third-order valence-electron chi connectivity index (χ3n) is 2.22. The van der Waals surface area contributed by atoms with E-state index in [-0.39, 0.29) is 24.0 Å². The number of hydrogen-bond donors (Lipinski definition) is 1. The van der Waals surface area contributed by atoms with Crippen molar-refractivity contribution >= 4 is 33.5 Å². The molecule has 0 aliphatic carbocycles. The Bertz CT molecular complexity index is 505. The first-order valence-electron chi connectivity index (χ1n) is 7.65. The van der Waals surface area contributed by atoms with E-state index in [2.05, 4.69) is 79.0 Å². The summed E-state index contributed by atoms with van der Waals surface area (Å²) in [6.45, 7) is 0. The summed E-state index contributed by atoms with van der Waals surface area (Å²) in [6, 6.07) is 12.6.